The molecule has 0 radical (unpaired) electrons. The van der Waals surface area contributed by atoms with Crippen LogP contribution in [0.5, 0.6) is 0 Å². The third kappa shape index (κ3) is 5.99. The van der Waals surface area contributed by atoms with Crippen LogP contribution in [-0.2, 0) is 19.6 Å². The van der Waals surface area contributed by atoms with Crippen molar-refractivity contribution in [1.82, 2.24) is 9.62 Å². The van der Waals surface area contributed by atoms with Crippen LogP contribution in [0.25, 0.3) is 0 Å². The highest BCUT2D eigenvalue weighted by Gasteiger charge is 2.23. The predicted octanol–water partition coefficient (Wildman–Crippen LogP) is -0.191. The predicted molar refractivity (Wildman–Crippen MR) is 66.2 cm³/mol. The fourth-order valence-electron chi connectivity index (χ4n) is 1.15. The van der Waals surface area contributed by atoms with E-state index in [1.807, 2.05) is 0 Å². The van der Waals surface area contributed by atoms with Crippen LogP contribution in [0.4, 0.5) is 0 Å². The van der Waals surface area contributed by atoms with Crippen molar-refractivity contribution in [2.75, 3.05) is 33.9 Å². The Kier molecular flexibility index (Phi) is 7.33. The molecular formula is C10H22N2O4S. The minimum Gasteiger partial charge on any atom is -0.385 e. The number of rotatable bonds is 8. The largest absolute Gasteiger partial charge is 0.385 e. The molecule has 0 atom stereocenters. The smallest absolute Gasteiger partial charge is 0.235 e. The van der Waals surface area contributed by atoms with Crippen LogP contribution in [0.2, 0.25) is 0 Å². The van der Waals surface area contributed by atoms with Gasteiger partial charge in [0.15, 0.2) is 0 Å². The highest BCUT2D eigenvalue weighted by molar-refractivity contribution is 7.89. The molecule has 0 rings (SSSR count). The molecule has 0 fully saturated rings. The van der Waals surface area contributed by atoms with Gasteiger partial charge in [-0.05, 0) is 20.3 Å². The van der Waals surface area contributed by atoms with E-state index in [9.17, 15) is 13.2 Å². The first-order chi connectivity index (χ1) is 7.82. The quantitative estimate of drug-likeness (QED) is 0.618. The molecule has 0 aromatic carbocycles. The van der Waals surface area contributed by atoms with Gasteiger partial charge in [0.1, 0.15) is 0 Å². The van der Waals surface area contributed by atoms with Crippen LogP contribution in [0.1, 0.15) is 20.3 Å². The van der Waals surface area contributed by atoms with Crippen molar-refractivity contribution in [2.45, 2.75) is 25.5 Å². The molecule has 0 unspecified atom stereocenters. The Bertz CT molecular complexity index is 327. The summed E-state index contributed by atoms with van der Waals surface area (Å²) in [5.41, 5.74) is 0. The number of methoxy groups -OCH3 is 1. The molecule has 0 aromatic rings. The van der Waals surface area contributed by atoms with E-state index in [-0.39, 0.29) is 12.5 Å². The number of amides is 1. The molecular weight excluding hydrogens is 244 g/mol. The summed E-state index contributed by atoms with van der Waals surface area (Å²) < 4.78 is 29.2. The van der Waals surface area contributed by atoms with Gasteiger partial charge in [-0.1, -0.05) is 0 Å². The van der Waals surface area contributed by atoms with Crippen LogP contribution >= 0.6 is 0 Å². The van der Waals surface area contributed by atoms with Crippen LogP contribution < -0.4 is 5.32 Å². The highest BCUT2D eigenvalue weighted by Crippen LogP contribution is 2.04. The Morgan fingerprint density at radius 2 is 2.00 bits per heavy atom. The maximum Gasteiger partial charge on any atom is 0.235 e. The standard InChI is InChI=1S/C10H22N2O4S/c1-9(2)17(14,15)12(3)8-10(13)11-6-5-7-16-4/h9H,5-8H2,1-4H3,(H,11,13). The minimum atomic E-state index is -3.36. The second-order valence-corrected chi connectivity index (χ2v) is 6.64. The summed E-state index contributed by atoms with van der Waals surface area (Å²) in [6, 6.07) is 0. The Morgan fingerprint density at radius 1 is 1.41 bits per heavy atom. The summed E-state index contributed by atoms with van der Waals surface area (Å²) in [4.78, 5) is 11.4. The summed E-state index contributed by atoms with van der Waals surface area (Å²) >= 11 is 0. The molecule has 1 N–H and O–H groups in total. The molecule has 17 heavy (non-hydrogen) atoms. The average Bonchev–Trinajstić information content (AvgIpc) is 2.24. The number of nitrogens with zero attached hydrogens (tertiary/aromatic N) is 1. The fraction of sp³-hybridized carbons (Fsp3) is 0.900. The lowest BCUT2D eigenvalue weighted by Crippen LogP contribution is -2.41. The number of hydrogen-bond acceptors (Lipinski definition) is 4. The lowest BCUT2D eigenvalue weighted by atomic mass is 10.4. The topological polar surface area (TPSA) is 75.7 Å². The number of carbonyl (C=O) groups is 1. The normalized spacial score (nSPS) is 12.1. The van der Waals surface area contributed by atoms with Gasteiger partial charge in [0.05, 0.1) is 11.8 Å². The second-order valence-electron chi connectivity index (χ2n) is 4.05. The number of sulfonamides is 1. The van der Waals surface area contributed by atoms with Crippen molar-refractivity contribution in [2.24, 2.45) is 0 Å². The first-order valence-electron chi connectivity index (χ1n) is 5.53. The number of nitrogens with one attached hydrogen (secondary N) is 1. The number of carbonyl (C=O) groups excluding carboxylic acids is 1. The first kappa shape index (κ1) is 16.3. The van der Waals surface area contributed by atoms with Gasteiger partial charge in [-0.2, -0.15) is 4.31 Å². The second kappa shape index (κ2) is 7.62. The van der Waals surface area contributed by atoms with E-state index in [0.717, 1.165) is 4.31 Å². The van der Waals surface area contributed by atoms with Crippen molar-refractivity contribution in [3.63, 3.8) is 0 Å². The van der Waals surface area contributed by atoms with E-state index < -0.39 is 15.3 Å². The first-order valence-corrected chi connectivity index (χ1v) is 7.03. The SMILES string of the molecule is COCCCNC(=O)CN(C)S(=O)(=O)C(C)C. The maximum atomic E-state index is 11.7. The molecule has 0 bridgehead atoms. The summed E-state index contributed by atoms with van der Waals surface area (Å²) in [7, 11) is -0.364. The lowest BCUT2D eigenvalue weighted by molar-refractivity contribution is -0.121. The van der Waals surface area contributed by atoms with Crippen molar-refractivity contribution >= 4 is 15.9 Å². The minimum absolute atomic E-state index is 0.145. The molecule has 0 saturated carbocycles. The van der Waals surface area contributed by atoms with Gasteiger partial charge in [-0.3, -0.25) is 4.79 Å². The van der Waals surface area contributed by atoms with Crippen LogP contribution in [-0.4, -0.2) is 57.7 Å². The lowest BCUT2D eigenvalue weighted by Gasteiger charge is -2.19. The monoisotopic (exact) mass is 266 g/mol. The van der Waals surface area contributed by atoms with Crippen molar-refractivity contribution < 1.29 is 17.9 Å². The van der Waals surface area contributed by atoms with Crippen LogP contribution in [0.3, 0.4) is 0 Å². The summed E-state index contributed by atoms with van der Waals surface area (Å²) in [5, 5.41) is 2.11. The maximum absolute atomic E-state index is 11.7. The molecule has 0 saturated heterocycles. The number of likely N-dealkylation sites (N-methyl/N-ethyl adjacent to an activating group) is 1. The fourth-order valence-corrected chi connectivity index (χ4v) is 2.17. The van der Waals surface area contributed by atoms with Gasteiger partial charge in [-0.25, -0.2) is 8.42 Å². The molecule has 0 aliphatic carbocycles. The van der Waals surface area contributed by atoms with E-state index in [2.05, 4.69) is 5.32 Å². The van der Waals surface area contributed by atoms with Crippen molar-refractivity contribution in [3.8, 4) is 0 Å². The van der Waals surface area contributed by atoms with Gasteiger partial charge in [0.25, 0.3) is 0 Å². The summed E-state index contributed by atoms with van der Waals surface area (Å²) in [6.07, 6.45) is 0.711. The zero-order valence-electron chi connectivity index (χ0n) is 10.9. The van der Waals surface area contributed by atoms with Crippen molar-refractivity contribution in [3.05, 3.63) is 0 Å². The Labute approximate surface area is 103 Å². The Morgan fingerprint density at radius 3 is 2.47 bits per heavy atom. The molecule has 102 valence electrons. The summed E-state index contributed by atoms with van der Waals surface area (Å²) in [5.74, 6) is -0.298. The molecule has 0 heterocycles. The third-order valence-electron chi connectivity index (χ3n) is 2.24. The summed E-state index contributed by atoms with van der Waals surface area (Å²) in [6.45, 7) is 4.08. The van der Waals surface area contributed by atoms with Gasteiger partial charge >= 0.3 is 0 Å². The highest BCUT2D eigenvalue weighted by atomic mass is 32.2. The molecule has 7 heteroatoms. The van der Waals surface area contributed by atoms with E-state index >= 15 is 0 Å². The molecule has 0 spiro atoms. The van der Waals surface area contributed by atoms with Gasteiger partial charge in [0, 0.05) is 27.3 Å². The molecule has 6 nitrogen and oxygen atoms in total. The third-order valence-corrected chi connectivity index (χ3v) is 4.43. The van der Waals surface area contributed by atoms with E-state index in [1.165, 1.54) is 7.05 Å². The van der Waals surface area contributed by atoms with Gasteiger partial charge in [-0.15, -0.1) is 0 Å². The number of ether oxygens (including phenoxy) is 1. The molecule has 0 aromatic heterocycles. The van der Waals surface area contributed by atoms with Crippen LogP contribution in [0, 0.1) is 0 Å². The Balaban J connectivity index is 4.05. The zero-order valence-corrected chi connectivity index (χ0v) is 11.7. The van der Waals surface area contributed by atoms with E-state index in [4.69, 9.17) is 4.74 Å². The van der Waals surface area contributed by atoms with E-state index in [1.54, 1.807) is 21.0 Å². The Hall–Kier alpha value is -0.660. The zero-order chi connectivity index (χ0) is 13.5. The van der Waals surface area contributed by atoms with Crippen LogP contribution in [0.15, 0.2) is 0 Å². The van der Waals surface area contributed by atoms with E-state index in [0.29, 0.717) is 19.6 Å². The number of hydrogen-bond donors (Lipinski definition) is 1. The van der Waals surface area contributed by atoms with Crippen molar-refractivity contribution in [1.29, 1.82) is 0 Å². The van der Waals surface area contributed by atoms with Gasteiger partial charge in [0.2, 0.25) is 15.9 Å². The molecule has 0 aliphatic heterocycles. The van der Waals surface area contributed by atoms with Gasteiger partial charge < -0.3 is 10.1 Å². The average molecular weight is 266 g/mol. The molecule has 0 aliphatic rings. The molecule has 1 amide bonds.